The molecule has 4 aliphatic rings. The summed E-state index contributed by atoms with van der Waals surface area (Å²) in [6.45, 7) is 20.3. The molecular formula is C42H58O2. The molecule has 44 heavy (non-hydrogen) atoms. The second-order valence-corrected chi connectivity index (χ2v) is 16.9. The van der Waals surface area contributed by atoms with Gasteiger partial charge < -0.3 is 0 Å². The van der Waals surface area contributed by atoms with Crippen molar-refractivity contribution in [3.8, 4) is 0 Å². The molecule has 0 aromatic heterocycles. The lowest BCUT2D eigenvalue weighted by Crippen LogP contribution is -2.51. The first-order valence-corrected chi connectivity index (χ1v) is 18.0. The van der Waals surface area contributed by atoms with Gasteiger partial charge >= 0.3 is 0 Å². The first-order chi connectivity index (χ1) is 20.7. The summed E-state index contributed by atoms with van der Waals surface area (Å²) in [5.74, 6) is 2.81. The van der Waals surface area contributed by atoms with Crippen LogP contribution in [0.5, 0.6) is 0 Å². The van der Waals surface area contributed by atoms with Crippen LogP contribution in [-0.2, 0) is 39.7 Å². The highest BCUT2D eigenvalue weighted by Crippen LogP contribution is 2.58. The number of benzene rings is 2. The van der Waals surface area contributed by atoms with Gasteiger partial charge in [-0.15, -0.1) is 0 Å². The Morgan fingerprint density at radius 3 is 1.82 bits per heavy atom. The smallest absolute Gasteiger partial charge is 0.135 e. The zero-order chi connectivity index (χ0) is 31.8. The van der Waals surface area contributed by atoms with Crippen LogP contribution in [-0.4, -0.2) is 11.6 Å². The van der Waals surface area contributed by atoms with Crippen LogP contribution in [0.4, 0.5) is 0 Å². The highest BCUT2D eigenvalue weighted by Gasteiger charge is 2.54. The third-order valence-electron chi connectivity index (χ3n) is 13.8. The van der Waals surface area contributed by atoms with E-state index in [0.29, 0.717) is 35.2 Å². The van der Waals surface area contributed by atoms with Crippen molar-refractivity contribution >= 4 is 11.6 Å². The monoisotopic (exact) mass is 594 g/mol. The van der Waals surface area contributed by atoms with Gasteiger partial charge in [0, 0.05) is 11.3 Å². The maximum Gasteiger partial charge on any atom is 0.135 e. The number of hydrogen-bond donors (Lipinski definition) is 0. The van der Waals surface area contributed by atoms with Crippen LogP contribution in [0, 0.1) is 23.2 Å². The van der Waals surface area contributed by atoms with Crippen LogP contribution in [0.3, 0.4) is 0 Å². The molecule has 4 aliphatic carbocycles. The van der Waals surface area contributed by atoms with E-state index in [1.54, 1.807) is 5.56 Å². The van der Waals surface area contributed by atoms with Crippen LogP contribution >= 0.6 is 0 Å². The van der Waals surface area contributed by atoms with Crippen LogP contribution in [0.2, 0.25) is 0 Å². The zero-order valence-electron chi connectivity index (χ0n) is 29.3. The van der Waals surface area contributed by atoms with Gasteiger partial charge in [0.2, 0.25) is 0 Å². The number of rotatable bonds is 6. The van der Waals surface area contributed by atoms with Crippen molar-refractivity contribution < 1.29 is 9.59 Å². The van der Waals surface area contributed by atoms with Gasteiger partial charge in [0.25, 0.3) is 0 Å². The minimum Gasteiger partial charge on any atom is -0.300 e. The van der Waals surface area contributed by atoms with Crippen molar-refractivity contribution in [2.75, 3.05) is 0 Å². The average Bonchev–Trinajstić information content (AvgIpc) is 2.96. The molecule has 0 amide bonds. The first-order valence-electron chi connectivity index (χ1n) is 18.0. The van der Waals surface area contributed by atoms with Gasteiger partial charge in [0.05, 0.1) is 0 Å². The minimum atomic E-state index is -0.214. The van der Waals surface area contributed by atoms with Gasteiger partial charge in [-0.05, 0) is 151 Å². The van der Waals surface area contributed by atoms with E-state index in [4.69, 9.17) is 0 Å². The van der Waals surface area contributed by atoms with Gasteiger partial charge in [0.1, 0.15) is 11.6 Å². The number of hydrogen-bond acceptors (Lipinski definition) is 2. The molecule has 2 saturated carbocycles. The summed E-state index contributed by atoms with van der Waals surface area (Å²) < 4.78 is 0. The lowest BCUT2D eigenvalue weighted by atomic mass is 9.49. The van der Waals surface area contributed by atoms with Crippen molar-refractivity contribution in [2.24, 2.45) is 23.2 Å². The number of carbonyl (C=O) groups is 2. The van der Waals surface area contributed by atoms with Crippen molar-refractivity contribution in [3.63, 3.8) is 0 Å². The fourth-order valence-corrected chi connectivity index (χ4v) is 11.2. The van der Waals surface area contributed by atoms with Crippen molar-refractivity contribution in [3.05, 3.63) is 68.8 Å². The zero-order valence-corrected chi connectivity index (χ0v) is 29.3. The highest BCUT2D eigenvalue weighted by atomic mass is 16.1. The number of ketones is 2. The predicted molar refractivity (Wildman–Crippen MR) is 183 cm³/mol. The summed E-state index contributed by atoms with van der Waals surface area (Å²) in [6.07, 6.45) is 12.2. The molecule has 6 rings (SSSR count). The standard InChI is InChI=1S/C42H58O2/c1-25(2)34-21-29-13-15-36-33(27(5)43)12-10-17-41(36,8)37(29)23-31(34)20-32-24-38-30(22-35(32)26(3)4)14-16-39-40(7,28(6)44)18-11-19-42(38,39)9/h21-26,33,36,39H,10-20H2,1-9H3. The molecule has 2 aromatic rings. The average molecular weight is 595 g/mol. The fraction of sp³-hybridized carbons (Fsp3) is 0.667. The maximum atomic E-state index is 13.1. The highest BCUT2D eigenvalue weighted by molar-refractivity contribution is 5.83. The molecule has 0 aliphatic heterocycles. The lowest BCUT2D eigenvalue weighted by molar-refractivity contribution is -0.134. The molecule has 2 nitrogen and oxygen atoms in total. The minimum absolute atomic E-state index is 0.0533. The van der Waals surface area contributed by atoms with Crippen LogP contribution in [0.25, 0.3) is 0 Å². The fourth-order valence-electron chi connectivity index (χ4n) is 11.2. The van der Waals surface area contributed by atoms with Crippen LogP contribution in [0.1, 0.15) is 170 Å². The SMILES string of the molecule is CC(=O)C1CCCC2(C)c3cc(Cc4cc5c(cc4C(C)C)CCC4C(C)(C(C)=O)CCCC54C)c(C(C)C)cc3CCC12. The summed E-state index contributed by atoms with van der Waals surface area (Å²) in [4.78, 5) is 25.8. The molecule has 0 bridgehead atoms. The summed E-state index contributed by atoms with van der Waals surface area (Å²) in [6, 6.07) is 10.4. The van der Waals surface area contributed by atoms with E-state index >= 15 is 0 Å². The molecular weight excluding hydrogens is 536 g/mol. The van der Waals surface area contributed by atoms with Crippen molar-refractivity contribution in [1.82, 2.24) is 0 Å². The Balaban J connectivity index is 1.47. The van der Waals surface area contributed by atoms with Crippen molar-refractivity contribution in [2.45, 2.75) is 156 Å². The Hall–Kier alpha value is -2.22. The summed E-state index contributed by atoms with van der Waals surface area (Å²) in [5.41, 5.74) is 12.1. The number of aryl methyl sites for hydroxylation is 2. The van der Waals surface area contributed by atoms with E-state index in [0.717, 1.165) is 57.8 Å². The molecule has 2 fully saturated rings. The molecule has 2 aromatic carbocycles. The molecule has 0 radical (unpaired) electrons. The largest absolute Gasteiger partial charge is 0.300 e. The Morgan fingerprint density at radius 1 is 0.727 bits per heavy atom. The van der Waals surface area contributed by atoms with Crippen molar-refractivity contribution in [1.29, 1.82) is 0 Å². The van der Waals surface area contributed by atoms with Gasteiger partial charge in [-0.1, -0.05) is 85.6 Å². The summed E-state index contributed by atoms with van der Waals surface area (Å²) in [5, 5.41) is 0. The number of carbonyl (C=O) groups excluding carboxylic acids is 2. The van der Waals surface area contributed by atoms with E-state index in [2.05, 4.69) is 72.7 Å². The van der Waals surface area contributed by atoms with E-state index in [9.17, 15) is 9.59 Å². The third-order valence-corrected chi connectivity index (χ3v) is 13.8. The number of fused-ring (bicyclic) bond motifs is 6. The van der Waals surface area contributed by atoms with Crippen LogP contribution < -0.4 is 0 Å². The second kappa shape index (κ2) is 11.2. The molecule has 0 heterocycles. The number of Topliss-reactive ketones (excluding diaryl/α,β-unsaturated/α-hetero) is 2. The Labute approximate surface area is 268 Å². The van der Waals surface area contributed by atoms with E-state index < -0.39 is 0 Å². The van der Waals surface area contributed by atoms with E-state index in [1.165, 1.54) is 51.8 Å². The Morgan fingerprint density at radius 2 is 1.27 bits per heavy atom. The van der Waals surface area contributed by atoms with Crippen LogP contribution in [0.15, 0.2) is 24.3 Å². The normalized spacial score (nSPS) is 32.9. The summed E-state index contributed by atoms with van der Waals surface area (Å²) >= 11 is 0. The molecule has 238 valence electrons. The molecule has 0 N–H and O–H groups in total. The molecule has 2 heteroatoms. The van der Waals surface area contributed by atoms with E-state index in [1.807, 2.05) is 13.8 Å². The molecule has 0 spiro atoms. The first kappa shape index (κ1) is 31.7. The van der Waals surface area contributed by atoms with Gasteiger partial charge in [-0.25, -0.2) is 0 Å². The summed E-state index contributed by atoms with van der Waals surface area (Å²) in [7, 11) is 0. The van der Waals surface area contributed by atoms with Gasteiger partial charge in [-0.3, -0.25) is 9.59 Å². The topological polar surface area (TPSA) is 34.1 Å². The Bertz CT molecular complexity index is 1480. The molecule has 0 saturated heterocycles. The quantitative estimate of drug-likeness (QED) is 0.333. The second-order valence-electron chi connectivity index (χ2n) is 16.9. The maximum absolute atomic E-state index is 13.1. The van der Waals surface area contributed by atoms with E-state index in [-0.39, 0.29) is 22.2 Å². The third kappa shape index (κ3) is 4.87. The predicted octanol–water partition coefficient (Wildman–Crippen LogP) is 10.3. The molecule has 6 atom stereocenters. The Kier molecular flexibility index (Phi) is 8.11. The van der Waals surface area contributed by atoms with Gasteiger partial charge in [0.15, 0.2) is 0 Å². The lowest BCUT2D eigenvalue weighted by Gasteiger charge is -2.54. The van der Waals surface area contributed by atoms with Gasteiger partial charge in [-0.2, -0.15) is 0 Å². The molecule has 6 unspecified atom stereocenters.